The van der Waals surface area contributed by atoms with Crippen LogP contribution in [0.2, 0.25) is 0 Å². The number of hydrogen-bond acceptors (Lipinski definition) is 2. The molecule has 0 aromatic heterocycles. The second-order valence-electron chi connectivity index (χ2n) is 5.51. The summed E-state index contributed by atoms with van der Waals surface area (Å²) in [5, 5.41) is 6.53. The predicted octanol–water partition coefficient (Wildman–Crippen LogP) is 1.58. The van der Waals surface area contributed by atoms with Crippen LogP contribution in [0.1, 0.15) is 18.4 Å². The number of rotatable bonds is 2. The van der Waals surface area contributed by atoms with Crippen LogP contribution in [0.15, 0.2) is 30.3 Å². The first-order chi connectivity index (χ1) is 9.33. The van der Waals surface area contributed by atoms with Crippen LogP contribution in [0, 0.1) is 5.92 Å². The third-order valence-electron chi connectivity index (χ3n) is 4.17. The van der Waals surface area contributed by atoms with Crippen molar-refractivity contribution in [3.8, 4) is 0 Å². The number of piperidine rings is 1. The molecule has 2 amide bonds. The van der Waals surface area contributed by atoms with Crippen LogP contribution >= 0.6 is 0 Å². The van der Waals surface area contributed by atoms with E-state index in [-0.39, 0.29) is 6.03 Å². The number of benzene rings is 1. The van der Waals surface area contributed by atoms with Crippen molar-refractivity contribution in [3.63, 3.8) is 0 Å². The van der Waals surface area contributed by atoms with Crippen molar-refractivity contribution in [3.05, 3.63) is 35.9 Å². The molecule has 2 atom stereocenters. The maximum atomic E-state index is 12.1. The van der Waals surface area contributed by atoms with Crippen molar-refractivity contribution in [1.29, 1.82) is 0 Å². The quantitative estimate of drug-likeness (QED) is 0.847. The molecule has 2 fully saturated rings. The lowest BCUT2D eigenvalue weighted by Crippen LogP contribution is -2.42. The molecule has 0 aliphatic carbocycles. The normalized spacial score (nSPS) is 26.0. The highest BCUT2D eigenvalue weighted by Crippen LogP contribution is 2.24. The van der Waals surface area contributed by atoms with E-state index in [1.165, 1.54) is 12.8 Å². The number of likely N-dealkylation sites (tertiary alicyclic amines) is 1. The summed E-state index contributed by atoms with van der Waals surface area (Å²) >= 11 is 0. The van der Waals surface area contributed by atoms with Gasteiger partial charge in [-0.2, -0.15) is 0 Å². The van der Waals surface area contributed by atoms with Crippen molar-refractivity contribution in [2.24, 2.45) is 5.92 Å². The zero-order chi connectivity index (χ0) is 13.1. The number of fused-ring (bicyclic) bond motifs is 1. The molecule has 4 heteroatoms. The minimum absolute atomic E-state index is 0.0695. The molecule has 2 N–H and O–H groups in total. The molecule has 0 radical (unpaired) electrons. The van der Waals surface area contributed by atoms with Crippen molar-refractivity contribution in [2.45, 2.75) is 25.4 Å². The van der Waals surface area contributed by atoms with Crippen LogP contribution in [0.3, 0.4) is 0 Å². The van der Waals surface area contributed by atoms with E-state index < -0.39 is 0 Å². The minimum Gasteiger partial charge on any atom is -0.334 e. The monoisotopic (exact) mass is 259 g/mol. The lowest BCUT2D eigenvalue weighted by molar-refractivity contribution is 0.206. The first-order valence-corrected chi connectivity index (χ1v) is 7.13. The molecule has 0 bridgehead atoms. The van der Waals surface area contributed by atoms with E-state index in [1.807, 2.05) is 35.2 Å². The van der Waals surface area contributed by atoms with Crippen molar-refractivity contribution < 1.29 is 4.79 Å². The van der Waals surface area contributed by atoms with Gasteiger partial charge in [0.05, 0.1) is 0 Å². The van der Waals surface area contributed by atoms with Gasteiger partial charge < -0.3 is 15.5 Å². The zero-order valence-corrected chi connectivity index (χ0v) is 11.1. The first kappa shape index (κ1) is 12.5. The Balaban J connectivity index is 1.51. The number of nitrogens with zero attached hydrogens (tertiary/aromatic N) is 1. The summed E-state index contributed by atoms with van der Waals surface area (Å²) in [6.07, 6.45) is 2.49. The van der Waals surface area contributed by atoms with Crippen LogP contribution in [0.5, 0.6) is 0 Å². The Labute approximate surface area is 114 Å². The number of amides is 2. The van der Waals surface area contributed by atoms with Crippen LogP contribution in [0.25, 0.3) is 0 Å². The number of hydrogen-bond donors (Lipinski definition) is 2. The summed E-state index contributed by atoms with van der Waals surface area (Å²) in [4.78, 5) is 14.1. The predicted molar refractivity (Wildman–Crippen MR) is 74.8 cm³/mol. The Morgan fingerprint density at radius 1 is 1.32 bits per heavy atom. The summed E-state index contributed by atoms with van der Waals surface area (Å²) in [6.45, 7) is 3.46. The highest BCUT2D eigenvalue weighted by Gasteiger charge is 2.36. The number of carbonyl (C=O) groups is 1. The molecule has 1 aromatic rings. The van der Waals surface area contributed by atoms with E-state index in [9.17, 15) is 4.79 Å². The third kappa shape index (κ3) is 2.89. The van der Waals surface area contributed by atoms with Crippen LogP contribution in [-0.2, 0) is 6.54 Å². The van der Waals surface area contributed by atoms with E-state index >= 15 is 0 Å². The molecule has 2 unspecified atom stereocenters. The van der Waals surface area contributed by atoms with Gasteiger partial charge in [-0.1, -0.05) is 30.3 Å². The van der Waals surface area contributed by atoms with Gasteiger partial charge in [-0.05, 0) is 30.9 Å². The molecule has 4 nitrogen and oxygen atoms in total. The lowest BCUT2D eigenvalue weighted by Gasteiger charge is -2.24. The van der Waals surface area contributed by atoms with Gasteiger partial charge in [0.1, 0.15) is 0 Å². The number of carbonyl (C=O) groups excluding carboxylic acids is 1. The van der Waals surface area contributed by atoms with Crippen LogP contribution in [-0.4, -0.2) is 36.6 Å². The van der Waals surface area contributed by atoms with Gasteiger partial charge in [-0.25, -0.2) is 4.79 Å². The molecule has 2 aliphatic heterocycles. The fourth-order valence-corrected chi connectivity index (χ4v) is 3.10. The SMILES string of the molecule is O=C(NCc1ccccc1)N1CC2CCCNC2C1. The highest BCUT2D eigenvalue weighted by molar-refractivity contribution is 5.74. The smallest absolute Gasteiger partial charge is 0.317 e. The van der Waals surface area contributed by atoms with Gasteiger partial charge in [0.2, 0.25) is 0 Å². The van der Waals surface area contributed by atoms with Crippen molar-refractivity contribution in [1.82, 2.24) is 15.5 Å². The second-order valence-corrected chi connectivity index (χ2v) is 5.51. The summed E-state index contributed by atoms with van der Waals surface area (Å²) < 4.78 is 0. The van der Waals surface area contributed by atoms with Crippen LogP contribution in [0.4, 0.5) is 4.79 Å². The van der Waals surface area contributed by atoms with Crippen molar-refractivity contribution in [2.75, 3.05) is 19.6 Å². The fraction of sp³-hybridized carbons (Fsp3) is 0.533. The number of nitrogens with one attached hydrogen (secondary N) is 2. The average Bonchev–Trinajstić information content (AvgIpc) is 2.90. The van der Waals surface area contributed by atoms with E-state index in [0.29, 0.717) is 18.5 Å². The molecule has 1 aromatic carbocycles. The Hall–Kier alpha value is -1.55. The van der Waals surface area contributed by atoms with Gasteiger partial charge >= 0.3 is 6.03 Å². The highest BCUT2D eigenvalue weighted by atomic mass is 16.2. The third-order valence-corrected chi connectivity index (χ3v) is 4.17. The lowest BCUT2D eigenvalue weighted by atomic mass is 9.94. The Kier molecular flexibility index (Phi) is 3.69. The van der Waals surface area contributed by atoms with Gasteiger partial charge in [0, 0.05) is 25.7 Å². The Morgan fingerprint density at radius 3 is 2.95 bits per heavy atom. The molecule has 0 spiro atoms. The van der Waals surface area contributed by atoms with E-state index in [4.69, 9.17) is 0 Å². The first-order valence-electron chi connectivity index (χ1n) is 7.13. The summed E-state index contributed by atoms with van der Waals surface area (Å²) in [7, 11) is 0. The average molecular weight is 259 g/mol. The molecule has 3 rings (SSSR count). The van der Waals surface area contributed by atoms with Crippen molar-refractivity contribution >= 4 is 6.03 Å². The Bertz CT molecular complexity index is 420. The standard InChI is InChI=1S/C15H21N3O/c19-15(17-9-12-5-2-1-3-6-12)18-10-13-7-4-8-16-14(13)11-18/h1-3,5-6,13-14,16H,4,7-11H2,(H,17,19). The van der Waals surface area contributed by atoms with Gasteiger partial charge in [-0.3, -0.25) is 0 Å². The minimum atomic E-state index is 0.0695. The van der Waals surface area contributed by atoms with Gasteiger partial charge in [-0.15, -0.1) is 0 Å². The summed E-state index contributed by atoms with van der Waals surface area (Å²) in [5.74, 6) is 0.649. The van der Waals surface area contributed by atoms with E-state index in [2.05, 4.69) is 10.6 Å². The number of urea groups is 1. The van der Waals surface area contributed by atoms with Gasteiger partial charge in [0.15, 0.2) is 0 Å². The molecule has 2 heterocycles. The molecule has 102 valence electrons. The molecule has 2 saturated heterocycles. The summed E-state index contributed by atoms with van der Waals surface area (Å²) in [6, 6.07) is 10.6. The molecule has 2 aliphatic rings. The largest absolute Gasteiger partial charge is 0.334 e. The fourth-order valence-electron chi connectivity index (χ4n) is 3.10. The molecule has 0 saturated carbocycles. The topological polar surface area (TPSA) is 44.4 Å². The van der Waals surface area contributed by atoms with Crippen LogP contribution < -0.4 is 10.6 Å². The molecular weight excluding hydrogens is 238 g/mol. The maximum Gasteiger partial charge on any atom is 0.317 e. The Morgan fingerprint density at radius 2 is 2.16 bits per heavy atom. The molecule has 19 heavy (non-hydrogen) atoms. The maximum absolute atomic E-state index is 12.1. The van der Waals surface area contributed by atoms with E-state index in [1.54, 1.807) is 0 Å². The van der Waals surface area contributed by atoms with E-state index in [0.717, 1.165) is 25.2 Å². The summed E-state index contributed by atoms with van der Waals surface area (Å²) in [5.41, 5.74) is 1.14. The zero-order valence-electron chi connectivity index (χ0n) is 11.1. The molecular formula is C15H21N3O. The second kappa shape index (κ2) is 5.61. The van der Waals surface area contributed by atoms with Gasteiger partial charge in [0.25, 0.3) is 0 Å².